The number of likely N-dealkylation sites (tertiary alicyclic amines) is 1. The second-order valence-electron chi connectivity index (χ2n) is 7.34. The fourth-order valence-electron chi connectivity index (χ4n) is 3.75. The Morgan fingerprint density at radius 2 is 2.07 bits per heavy atom. The van der Waals surface area contributed by atoms with E-state index in [0.29, 0.717) is 43.3 Å². The zero-order valence-corrected chi connectivity index (χ0v) is 15.5. The Hall–Kier alpha value is -2.41. The number of anilines is 1. The van der Waals surface area contributed by atoms with Crippen molar-refractivity contribution in [3.8, 4) is 0 Å². The fourth-order valence-corrected chi connectivity index (χ4v) is 3.75. The summed E-state index contributed by atoms with van der Waals surface area (Å²) in [6, 6.07) is 7.02. The quantitative estimate of drug-likeness (QED) is 0.795. The summed E-state index contributed by atoms with van der Waals surface area (Å²) in [6.45, 7) is 1.96. The van der Waals surface area contributed by atoms with E-state index in [1.165, 1.54) is 0 Å². The highest BCUT2D eigenvalue weighted by atomic mass is 16.5. The molecule has 0 aliphatic carbocycles. The summed E-state index contributed by atoms with van der Waals surface area (Å²) in [6.07, 6.45) is 4.22. The van der Waals surface area contributed by atoms with Crippen LogP contribution in [0.15, 0.2) is 24.3 Å². The third-order valence-corrected chi connectivity index (χ3v) is 5.20. The first-order chi connectivity index (χ1) is 13.0. The van der Waals surface area contributed by atoms with Crippen molar-refractivity contribution in [2.45, 2.75) is 44.6 Å². The molecular formula is C20H27N3O4. The van der Waals surface area contributed by atoms with E-state index >= 15 is 0 Å². The molecule has 0 saturated carbocycles. The molecule has 146 valence electrons. The molecule has 7 heteroatoms. The summed E-state index contributed by atoms with van der Waals surface area (Å²) in [7, 11) is 0. The number of nitrogens with zero attached hydrogens (tertiary/aromatic N) is 1. The van der Waals surface area contributed by atoms with Gasteiger partial charge in [-0.15, -0.1) is 0 Å². The van der Waals surface area contributed by atoms with Gasteiger partial charge in [0.15, 0.2) is 0 Å². The molecule has 1 aromatic rings. The number of nitrogens with two attached hydrogens (primary N) is 1. The number of hydrogen-bond donors (Lipinski definition) is 2. The maximum absolute atomic E-state index is 12.9. The number of amides is 3. The molecule has 27 heavy (non-hydrogen) atoms. The van der Waals surface area contributed by atoms with Crippen LogP contribution in [-0.4, -0.2) is 48.4 Å². The van der Waals surface area contributed by atoms with E-state index in [2.05, 4.69) is 5.32 Å². The van der Waals surface area contributed by atoms with E-state index in [0.717, 1.165) is 32.1 Å². The highest BCUT2D eigenvalue weighted by Gasteiger charge is 2.26. The lowest BCUT2D eigenvalue weighted by Gasteiger charge is -2.32. The number of benzene rings is 1. The number of rotatable bonds is 6. The van der Waals surface area contributed by atoms with Crippen LogP contribution >= 0.6 is 0 Å². The first kappa shape index (κ1) is 19.4. The monoisotopic (exact) mass is 373 g/mol. The third-order valence-electron chi connectivity index (χ3n) is 5.20. The summed E-state index contributed by atoms with van der Waals surface area (Å²) in [5, 5.41) is 2.84. The van der Waals surface area contributed by atoms with Crippen molar-refractivity contribution >= 4 is 23.4 Å². The molecule has 7 nitrogen and oxygen atoms in total. The molecule has 2 saturated heterocycles. The van der Waals surface area contributed by atoms with Gasteiger partial charge in [-0.2, -0.15) is 0 Å². The van der Waals surface area contributed by atoms with Gasteiger partial charge in [-0.3, -0.25) is 14.4 Å². The van der Waals surface area contributed by atoms with Gasteiger partial charge in [-0.05, 0) is 56.2 Å². The summed E-state index contributed by atoms with van der Waals surface area (Å²) >= 11 is 0. The number of piperidine rings is 1. The molecule has 2 atom stereocenters. The van der Waals surface area contributed by atoms with Crippen molar-refractivity contribution in [2.75, 3.05) is 25.0 Å². The van der Waals surface area contributed by atoms with Crippen LogP contribution in [-0.2, 0) is 14.3 Å². The van der Waals surface area contributed by atoms with Crippen molar-refractivity contribution in [2.24, 2.45) is 11.7 Å². The van der Waals surface area contributed by atoms with Gasteiger partial charge >= 0.3 is 0 Å². The smallest absolute Gasteiger partial charge is 0.253 e. The number of ether oxygens (including phenoxy) is 1. The second-order valence-corrected chi connectivity index (χ2v) is 7.34. The van der Waals surface area contributed by atoms with Crippen LogP contribution in [0.2, 0.25) is 0 Å². The molecule has 0 bridgehead atoms. The van der Waals surface area contributed by atoms with Gasteiger partial charge < -0.3 is 20.7 Å². The minimum atomic E-state index is -0.405. The SMILES string of the molecule is NC(=O)CCC1CCCN(C(=O)c2cccc(NC(=O)C3CCCO3)c2)C1. The predicted octanol–water partition coefficient (Wildman–Crippen LogP) is 1.92. The van der Waals surface area contributed by atoms with Crippen molar-refractivity contribution < 1.29 is 19.1 Å². The molecular weight excluding hydrogens is 346 g/mol. The van der Waals surface area contributed by atoms with E-state index in [9.17, 15) is 14.4 Å². The fraction of sp³-hybridized carbons (Fsp3) is 0.550. The van der Waals surface area contributed by atoms with Gasteiger partial charge in [0.25, 0.3) is 11.8 Å². The van der Waals surface area contributed by atoms with Gasteiger partial charge in [-0.1, -0.05) is 6.07 Å². The maximum atomic E-state index is 12.9. The van der Waals surface area contributed by atoms with Crippen LogP contribution in [0.3, 0.4) is 0 Å². The lowest BCUT2D eigenvalue weighted by atomic mass is 9.93. The molecule has 2 unspecified atom stereocenters. The number of primary amides is 1. The highest BCUT2D eigenvalue weighted by Crippen LogP contribution is 2.23. The summed E-state index contributed by atoms with van der Waals surface area (Å²) in [4.78, 5) is 37.9. The van der Waals surface area contributed by atoms with Crippen LogP contribution in [0.25, 0.3) is 0 Å². The Morgan fingerprint density at radius 3 is 2.81 bits per heavy atom. The predicted molar refractivity (Wildman–Crippen MR) is 101 cm³/mol. The van der Waals surface area contributed by atoms with Gasteiger partial charge in [0.05, 0.1) is 0 Å². The highest BCUT2D eigenvalue weighted by molar-refractivity contribution is 5.98. The van der Waals surface area contributed by atoms with Crippen LogP contribution < -0.4 is 11.1 Å². The summed E-state index contributed by atoms with van der Waals surface area (Å²) < 4.78 is 5.39. The molecule has 0 radical (unpaired) electrons. The van der Waals surface area contributed by atoms with Crippen molar-refractivity contribution in [1.82, 2.24) is 4.90 Å². The van der Waals surface area contributed by atoms with Gasteiger partial charge in [0, 0.05) is 37.4 Å². The Morgan fingerprint density at radius 1 is 1.22 bits per heavy atom. The standard InChI is InChI=1S/C20H27N3O4/c21-18(24)9-8-14-4-2-10-23(13-14)20(26)15-5-1-6-16(12-15)22-19(25)17-7-3-11-27-17/h1,5-6,12,14,17H,2-4,7-11,13H2,(H2,21,24)(H,22,25). The number of carbonyl (C=O) groups excluding carboxylic acids is 3. The van der Waals surface area contributed by atoms with Gasteiger partial charge in [0.1, 0.15) is 6.10 Å². The molecule has 0 aromatic heterocycles. The van der Waals surface area contributed by atoms with Crippen LogP contribution in [0, 0.1) is 5.92 Å². The zero-order valence-electron chi connectivity index (χ0n) is 15.5. The molecule has 2 fully saturated rings. The van der Waals surface area contributed by atoms with Crippen molar-refractivity contribution in [1.29, 1.82) is 0 Å². The number of hydrogen-bond acceptors (Lipinski definition) is 4. The Balaban J connectivity index is 1.60. The lowest BCUT2D eigenvalue weighted by molar-refractivity contribution is -0.124. The number of carbonyl (C=O) groups is 3. The molecule has 3 rings (SSSR count). The van der Waals surface area contributed by atoms with E-state index in [-0.39, 0.29) is 17.7 Å². The zero-order chi connectivity index (χ0) is 19.2. The van der Waals surface area contributed by atoms with Crippen molar-refractivity contribution in [3.05, 3.63) is 29.8 Å². The minimum Gasteiger partial charge on any atom is -0.370 e. The summed E-state index contributed by atoms with van der Waals surface area (Å²) in [5.74, 6) is -0.209. The largest absolute Gasteiger partial charge is 0.370 e. The minimum absolute atomic E-state index is 0.0491. The van der Waals surface area contributed by atoms with E-state index in [1.54, 1.807) is 24.3 Å². The van der Waals surface area contributed by atoms with Crippen molar-refractivity contribution in [3.63, 3.8) is 0 Å². The first-order valence-electron chi connectivity index (χ1n) is 9.63. The number of nitrogens with one attached hydrogen (secondary N) is 1. The van der Waals surface area contributed by atoms with E-state index < -0.39 is 6.10 Å². The molecule has 2 aliphatic rings. The average Bonchev–Trinajstić information content (AvgIpc) is 3.21. The molecule has 2 aliphatic heterocycles. The van der Waals surface area contributed by atoms with Crippen LogP contribution in [0.5, 0.6) is 0 Å². The summed E-state index contributed by atoms with van der Waals surface area (Å²) in [5.41, 5.74) is 6.39. The molecule has 2 heterocycles. The van der Waals surface area contributed by atoms with E-state index in [1.807, 2.05) is 4.90 Å². The first-order valence-corrected chi connectivity index (χ1v) is 9.63. The lowest BCUT2D eigenvalue weighted by Crippen LogP contribution is -2.40. The molecule has 1 aromatic carbocycles. The van der Waals surface area contributed by atoms with E-state index in [4.69, 9.17) is 10.5 Å². The topological polar surface area (TPSA) is 102 Å². The molecule has 0 spiro atoms. The molecule has 3 N–H and O–H groups in total. The second kappa shape index (κ2) is 8.99. The van der Waals surface area contributed by atoms with Gasteiger partial charge in [-0.25, -0.2) is 0 Å². The van der Waals surface area contributed by atoms with Crippen LogP contribution in [0.1, 0.15) is 48.9 Å². The third kappa shape index (κ3) is 5.29. The van der Waals surface area contributed by atoms with Gasteiger partial charge in [0.2, 0.25) is 5.91 Å². The molecule has 3 amide bonds. The Labute approximate surface area is 159 Å². The average molecular weight is 373 g/mol. The van der Waals surface area contributed by atoms with Crippen LogP contribution in [0.4, 0.5) is 5.69 Å². The normalized spacial score (nSPS) is 22.4. The maximum Gasteiger partial charge on any atom is 0.253 e. The Bertz CT molecular complexity index is 700. The Kier molecular flexibility index (Phi) is 6.45.